The fraction of sp³-hybridized carbons (Fsp3) is 0.400. The molecule has 0 bridgehead atoms. The SMILES string of the molecule is CCCN(C)C(=O)n1c(=O)n(Cc2ccccc2)c2nc(NS(=O)(=O)CCC)nc(N)c21. The molecule has 0 aliphatic carbocycles. The summed E-state index contributed by atoms with van der Waals surface area (Å²) in [5.41, 5.74) is 6.38. The summed E-state index contributed by atoms with van der Waals surface area (Å²) >= 11 is 0. The Balaban J connectivity index is 2.23. The van der Waals surface area contributed by atoms with E-state index in [2.05, 4.69) is 14.7 Å². The summed E-state index contributed by atoms with van der Waals surface area (Å²) in [6.07, 6.45) is 1.11. The van der Waals surface area contributed by atoms with Crippen molar-refractivity contribution in [3.05, 3.63) is 46.4 Å². The molecule has 3 rings (SSSR count). The van der Waals surface area contributed by atoms with E-state index in [1.807, 2.05) is 37.3 Å². The topological polar surface area (TPSA) is 145 Å². The summed E-state index contributed by atoms with van der Waals surface area (Å²) in [5.74, 6) is -0.546. The molecular formula is C20H27N7O4S. The number of nitrogen functional groups attached to an aromatic ring is 1. The van der Waals surface area contributed by atoms with Crippen LogP contribution in [0, 0.1) is 0 Å². The molecule has 0 atom stereocenters. The predicted molar refractivity (Wildman–Crippen MR) is 123 cm³/mol. The average molecular weight is 462 g/mol. The van der Waals surface area contributed by atoms with Crippen LogP contribution in [0.1, 0.15) is 32.3 Å². The molecule has 32 heavy (non-hydrogen) atoms. The van der Waals surface area contributed by atoms with Gasteiger partial charge < -0.3 is 10.6 Å². The lowest BCUT2D eigenvalue weighted by molar-refractivity contribution is 0.210. The van der Waals surface area contributed by atoms with Gasteiger partial charge in [0.1, 0.15) is 5.52 Å². The Morgan fingerprint density at radius 2 is 1.84 bits per heavy atom. The zero-order chi connectivity index (χ0) is 23.5. The van der Waals surface area contributed by atoms with E-state index in [0.717, 1.165) is 10.1 Å². The first-order valence-corrected chi connectivity index (χ1v) is 11.9. The zero-order valence-corrected chi connectivity index (χ0v) is 19.1. The first-order valence-electron chi connectivity index (χ1n) is 10.3. The van der Waals surface area contributed by atoms with Crippen molar-refractivity contribution in [3.8, 4) is 0 Å². The lowest BCUT2D eigenvalue weighted by atomic mass is 10.2. The molecule has 3 N–H and O–H groups in total. The fourth-order valence-corrected chi connectivity index (χ4v) is 4.37. The number of imidazole rings is 1. The molecule has 0 aliphatic rings. The molecule has 1 aromatic carbocycles. The lowest BCUT2D eigenvalue weighted by Gasteiger charge is -2.16. The van der Waals surface area contributed by atoms with Crippen molar-refractivity contribution in [2.45, 2.75) is 33.2 Å². The van der Waals surface area contributed by atoms with Crippen LogP contribution < -0.4 is 16.1 Å². The van der Waals surface area contributed by atoms with Crippen molar-refractivity contribution < 1.29 is 13.2 Å². The number of nitrogens with one attached hydrogen (secondary N) is 1. The summed E-state index contributed by atoms with van der Waals surface area (Å²) in [6, 6.07) is 8.59. The van der Waals surface area contributed by atoms with Crippen molar-refractivity contribution >= 4 is 39.0 Å². The minimum Gasteiger partial charge on any atom is -0.382 e. The van der Waals surface area contributed by atoms with Gasteiger partial charge in [0.05, 0.1) is 12.3 Å². The monoisotopic (exact) mass is 461 g/mol. The molecule has 11 nitrogen and oxygen atoms in total. The Morgan fingerprint density at radius 3 is 2.47 bits per heavy atom. The van der Waals surface area contributed by atoms with Gasteiger partial charge in [0.25, 0.3) is 0 Å². The third kappa shape index (κ3) is 4.74. The molecule has 0 aliphatic heterocycles. The number of aromatic nitrogens is 4. The number of rotatable bonds is 8. The van der Waals surface area contributed by atoms with E-state index in [1.54, 1.807) is 14.0 Å². The van der Waals surface area contributed by atoms with E-state index in [4.69, 9.17) is 5.73 Å². The number of anilines is 2. The maximum atomic E-state index is 13.3. The van der Waals surface area contributed by atoms with Crippen LogP contribution in [0.15, 0.2) is 35.1 Å². The highest BCUT2D eigenvalue weighted by molar-refractivity contribution is 7.92. The van der Waals surface area contributed by atoms with Gasteiger partial charge in [0.2, 0.25) is 16.0 Å². The van der Waals surface area contributed by atoms with Crippen molar-refractivity contribution in [2.24, 2.45) is 0 Å². The van der Waals surface area contributed by atoms with Crippen LogP contribution in [-0.4, -0.2) is 57.8 Å². The molecular weight excluding hydrogens is 434 g/mol. The highest BCUT2D eigenvalue weighted by Gasteiger charge is 2.26. The number of amides is 1. The number of nitrogens with zero attached hydrogens (tertiary/aromatic N) is 5. The summed E-state index contributed by atoms with van der Waals surface area (Å²) in [4.78, 5) is 36.0. The van der Waals surface area contributed by atoms with Gasteiger partial charge in [-0.2, -0.15) is 9.97 Å². The van der Waals surface area contributed by atoms with Gasteiger partial charge in [-0.05, 0) is 18.4 Å². The van der Waals surface area contributed by atoms with Crippen molar-refractivity contribution in [2.75, 3.05) is 29.8 Å². The molecule has 2 heterocycles. The Hall–Kier alpha value is -3.41. The standard InChI is InChI=1S/C20H27N7O4S/c1-4-11-25(3)19(28)27-15-16(21)22-18(24-32(30,31)12-5-2)23-17(15)26(20(27)29)13-14-9-7-6-8-10-14/h6-10H,4-5,11-13H2,1-3H3,(H3,21,22,23,24). The van der Waals surface area contributed by atoms with Crippen LogP contribution in [0.4, 0.5) is 16.6 Å². The van der Waals surface area contributed by atoms with Crippen LogP contribution in [-0.2, 0) is 16.6 Å². The molecule has 0 saturated carbocycles. The fourth-order valence-electron chi connectivity index (χ4n) is 3.36. The van der Waals surface area contributed by atoms with Crippen molar-refractivity contribution in [1.82, 2.24) is 24.0 Å². The molecule has 1 amide bonds. The minimum atomic E-state index is -3.68. The molecule has 0 fully saturated rings. The summed E-state index contributed by atoms with van der Waals surface area (Å²) < 4.78 is 28.9. The minimum absolute atomic E-state index is 0.0392. The van der Waals surface area contributed by atoms with E-state index < -0.39 is 21.7 Å². The smallest absolute Gasteiger partial charge is 0.339 e. The number of sulfonamides is 1. The zero-order valence-electron chi connectivity index (χ0n) is 18.3. The average Bonchev–Trinajstić information content (AvgIpc) is 3.00. The van der Waals surface area contributed by atoms with Crippen LogP contribution in [0.2, 0.25) is 0 Å². The van der Waals surface area contributed by atoms with E-state index >= 15 is 0 Å². The summed E-state index contributed by atoms with van der Waals surface area (Å²) in [5, 5.41) is 0. The number of carbonyl (C=O) groups excluding carboxylic acids is 1. The molecule has 12 heteroatoms. The Morgan fingerprint density at radius 1 is 1.16 bits per heavy atom. The maximum Gasteiger partial charge on any atom is 0.339 e. The summed E-state index contributed by atoms with van der Waals surface area (Å²) in [6.45, 7) is 4.20. The number of hydrogen-bond donors (Lipinski definition) is 2. The molecule has 172 valence electrons. The number of benzene rings is 1. The first-order chi connectivity index (χ1) is 15.2. The van der Waals surface area contributed by atoms with Gasteiger partial charge in [0, 0.05) is 13.6 Å². The first kappa shape index (κ1) is 23.3. The molecule has 0 saturated heterocycles. The summed E-state index contributed by atoms with van der Waals surface area (Å²) in [7, 11) is -2.10. The highest BCUT2D eigenvalue weighted by atomic mass is 32.2. The van der Waals surface area contributed by atoms with Crippen molar-refractivity contribution in [3.63, 3.8) is 0 Å². The predicted octanol–water partition coefficient (Wildman–Crippen LogP) is 1.69. The third-order valence-electron chi connectivity index (χ3n) is 4.77. The van der Waals surface area contributed by atoms with E-state index in [9.17, 15) is 18.0 Å². The van der Waals surface area contributed by atoms with Gasteiger partial charge in [0.15, 0.2) is 11.5 Å². The van der Waals surface area contributed by atoms with E-state index in [1.165, 1.54) is 9.47 Å². The number of fused-ring (bicyclic) bond motifs is 1. The second-order valence-electron chi connectivity index (χ2n) is 7.42. The Bertz CT molecular complexity index is 1280. The normalized spacial score (nSPS) is 11.6. The van der Waals surface area contributed by atoms with Gasteiger partial charge in [-0.25, -0.2) is 22.6 Å². The second-order valence-corrected chi connectivity index (χ2v) is 9.26. The molecule has 0 unspecified atom stereocenters. The number of nitrogens with two attached hydrogens (primary N) is 1. The van der Waals surface area contributed by atoms with Gasteiger partial charge in [-0.3, -0.25) is 9.29 Å². The number of hydrogen-bond acceptors (Lipinski definition) is 7. The Labute approximate surface area is 185 Å². The largest absolute Gasteiger partial charge is 0.382 e. The van der Waals surface area contributed by atoms with Crippen LogP contribution in [0.25, 0.3) is 11.2 Å². The molecule has 0 spiro atoms. The third-order valence-corrected chi connectivity index (χ3v) is 6.21. The van der Waals surface area contributed by atoms with Gasteiger partial charge in [-0.1, -0.05) is 44.2 Å². The molecule has 3 aromatic rings. The lowest BCUT2D eigenvalue weighted by Crippen LogP contribution is -2.38. The molecule has 0 radical (unpaired) electrons. The second kappa shape index (κ2) is 9.39. The van der Waals surface area contributed by atoms with Gasteiger partial charge in [-0.15, -0.1) is 0 Å². The van der Waals surface area contributed by atoms with Crippen LogP contribution >= 0.6 is 0 Å². The van der Waals surface area contributed by atoms with Gasteiger partial charge >= 0.3 is 11.7 Å². The number of carbonyl (C=O) groups is 1. The Kier molecular flexibility index (Phi) is 6.82. The molecule has 2 aromatic heterocycles. The highest BCUT2D eigenvalue weighted by Crippen LogP contribution is 2.21. The quantitative estimate of drug-likeness (QED) is 0.519. The van der Waals surface area contributed by atoms with E-state index in [0.29, 0.717) is 19.4 Å². The van der Waals surface area contributed by atoms with Crippen molar-refractivity contribution in [1.29, 1.82) is 0 Å². The van der Waals surface area contributed by atoms with Crippen LogP contribution in [0.5, 0.6) is 0 Å². The maximum absolute atomic E-state index is 13.3. The van der Waals surface area contributed by atoms with Crippen LogP contribution in [0.3, 0.4) is 0 Å². The van der Waals surface area contributed by atoms with E-state index in [-0.39, 0.29) is 35.2 Å².